The lowest BCUT2D eigenvalue weighted by molar-refractivity contribution is 0.0972. The summed E-state index contributed by atoms with van der Waals surface area (Å²) < 4.78 is 1.27. The highest BCUT2D eigenvalue weighted by atomic mass is 127. The van der Waals surface area contributed by atoms with Crippen LogP contribution in [0.5, 0.6) is 0 Å². The van der Waals surface area contributed by atoms with Crippen molar-refractivity contribution in [3.8, 4) is 0 Å². The van der Waals surface area contributed by atoms with Crippen LogP contribution >= 0.6 is 22.6 Å². The number of fused-ring (bicyclic) bond motifs is 1. The van der Waals surface area contributed by atoms with Crippen molar-refractivity contribution in [3.05, 3.63) is 32.4 Å². The molecule has 0 saturated carbocycles. The van der Waals surface area contributed by atoms with Gasteiger partial charge in [0.05, 0.1) is 0 Å². The molecule has 0 N–H and O–H groups in total. The van der Waals surface area contributed by atoms with Crippen LogP contribution in [0.25, 0.3) is 0 Å². The molecule has 13 heavy (non-hydrogen) atoms. The van der Waals surface area contributed by atoms with E-state index in [9.17, 15) is 4.79 Å². The third kappa shape index (κ3) is 1.64. The average Bonchev–Trinajstić information content (AvgIpc) is 2.09. The Balaban J connectivity index is 2.58. The fourth-order valence-electron chi connectivity index (χ4n) is 1.76. The summed E-state index contributed by atoms with van der Waals surface area (Å²) in [4.78, 5) is 11.5. The summed E-state index contributed by atoms with van der Waals surface area (Å²) in [7, 11) is 0. The van der Waals surface area contributed by atoms with Gasteiger partial charge in [0, 0.05) is 15.6 Å². The fraction of sp³-hybridized carbons (Fsp3) is 0.364. The molecule has 0 aromatic heterocycles. The molecule has 0 aliphatic heterocycles. The molecule has 1 aromatic rings. The minimum Gasteiger partial charge on any atom is -0.294 e. The van der Waals surface area contributed by atoms with Crippen LogP contribution in [0.4, 0.5) is 0 Å². The van der Waals surface area contributed by atoms with E-state index in [1.807, 2.05) is 6.07 Å². The van der Waals surface area contributed by atoms with E-state index in [0.29, 0.717) is 5.78 Å². The first kappa shape index (κ1) is 9.19. The van der Waals surface area contributed by atoms with Crippen molar-refractivity contribution in [2.45, 2.75) is 26.2 Å². The maximum absolute atomic E-state index is 11.5. The molecular weight excluding hydrogens is 275 g/mol. The van der Waals surface area contributed by atoms with E-state index in [1.54, 1.807) is 0 Å². The predicted octanol–water partition coefficient (Wildman–Crippen LogP) is 3.12. The van der Waals surface area contributed by atoms with E-state index in [2.05, 4.69) is 35.6 Å². The molecule has 1 aliphatic carbocycles. The summed E-state index contributed by atoms with van der Waals surface area (Å²) >= 11 is 2.33. The summed E-state index contributed by atoms with van der Waals surface area (Å²) in [6.45, 7) is 2.06. The van der Waals surface area contributed by atoms with Gasteiger partial charge in [0.25, 0.3) is 0 Å². The highest BCUT2D eigenvalue weighted by Crippen LogP contribution is 2.25. The smallest absolute Gasteiger partial charge is 0.163 e. The second-order valence-corrected chi connectivity index (χ2v) is 4.70. The van der Waals surface area contributed by atoms with Crippen LogP contribution in [0.15, 0.2) is 12.1 Å². The molecule has 68 valence electrons. The molecule has 0 heterocycles. The molecule has 2 rings (SSSR count). The van der Waals surface area contributed by atoms with Gasteiger partial charge in [-0.3, -0.25) is 4.79 Å². The molecule has 0 atom stereocenters. The Hall–Kier alpha value is -0.380. The molecule has 2 heteroatoms. The Morgan fingerprint density at radius 2 is 2.08 bits per heavy atom. The van der Waals surface area contributed by atoms with Crippen molar-refractivity contribution in [2.75, 3.05) is 0 Å². The Labute approximate surface area is 91.7 Å². The van der Waals surface area contributed by atoms with Gasteiger partial charge in [-0.05, 0) is 65.6 Å². The van der Waals surface area contributed by atoms with Crippen molar-refractivity contribution in [2.24, 2.45) is 0 Å². The van der Waals surface area contributed by atoms with Crippen molar-refractivity contribution >= 4 is 28.4 Å². The lowest BCUT2D eigenvalue weighted by atomic mass is 9.90. The van der Waals surface area contributed by atoms with E-state index in [4.69, 9.17) is 0 Å². The summed E-state index contributed by atoms with van der Waals surface area (Å²) in [6, 6.07) is 4.20. The molecule has 1 nitrogen and oxygen atoms in total. The molecule has 1 aromatic carbocycles. The number of hydrogen-bond donors (Lipinski definition) is 0. The number of halogens is 1. The largest absolute Gasteiger partial charge is 0.294 e. The van der Waals surface area contributed by atoms with Gasteiger partial charge in [0.2, 0.25) is 0 Å². The van der Waals surface area contributed by atoms with Gasteiger partial charge in [0.15, 0.2) is 5.78 Å². The Kier molecular flexibility index (Phi) is 2.41. The van der Waals surface area contributed by atoms with Crippen LogP contribution in [-0.2, 0) is 6.42 Å². The van der Waals surface area contributed by atoms with E-state index in [-0.39, 0.29) is 0 Å². The van der Waals surface area contributed by atoms with E-state index in [0.717, 1.165) is 24.8 Å². The lowest BCUT2D eigenvalue weighted by Gasteiger charge is -2.15. The summed E-state index contributed by atoms with van der Waals surface area (Å²) in [5.41, 5.74) is 3.42. The first-order chi connectivity index (χ1) is 6.18. The topological polar surface area (TPSA) is 17.1 Å². The van der Waals surface area contributed by atoms with Gasteiger partial charge in [-0.1, -0.05) is 0 Å². The van der Waals surface area contributed by atoms with E-state index >= 15 is 0 Å². The highest BCUT2D eigenvalue weighted by Gasteiger charge is 2.17. The normalized spacial score (nSPS) is 15.7. The average molecular weight is 286 g/mol. The molecule has 0 unspecified atom stereocenters. The molecule has 0 spiro atoms. The van der Waals surface area contributed by atoms with Crippen LogP contribution in [-0.4, -0.2) is 5.78 Å². The standard InChI is InChI=1S/C11H11IO/c1-7-5-9-8(6-10(7)12)3-2-4-11(9)13/h5-6H,2-4H2,1H3. The Morgan fingerprint density at radius 1 is 1.31 bits per heavy atom. The third-order valence-electron chi connectivity index (χ3n) is 2.53. The molecule has 0 amide bonds. The van der Waals surface area contributed by atoms with Crippen LogP contribution in [0, 0.1) is 10.5 Å². The first-order valence-electron chi connectivity index (χ1n) is 4.50. The van der Waals surface area contributed by atoms with Crippen molar-refractivity contribution in [3.63, 3.8) is 0 Å². The minimum absolute atomic E-state index is 0.320. The Bertz CT molecular complexity index is 369. The van der Waals surface area contributed by atoms with Gasteiger partial charge in [-0.2, -0.15) is 0 Å². The molecule has 0 fully saturated rings. The van der Waals surface area contributed by atoms with Crippen LogP contribution in [0.3, 0.4) is 0 Å². The quantitative estimate of drug-likeness (QED) is 0.670. The minimum atomic E-state index is 0.320. The molecule has 1 aliphatic rings. The Morgan fingerprint density at radius 3 is 2.85 bits per heavy atom. The summed E-state index contributed by atoms with van der Waals surface area (Å²) in [5.74, 6) is 0.320. The highest BCUT2D eigenvalue weighted by molar-refractivity contribution is 14.1. The zero-order valence-electron chi connectivity index (χ0n) is 7.56. The molecule has 0 saturated heterocycles. The van der Waals surface area contributed by atoms with Crippen molar-refractivity contribution in [1.82, 2.24) is 0 Å². The second kappa shape index (κ2) is 3.40. The monoisotopic (exact) mass is 286 g/mol. The van der Waals surface area contributed by atoms with Crippen molar-refractivity contribution in [1.29, 1.82) is 0 Å². The zero-order chi connectivity index (χ0) is 9.42. The summed E-state index contributed by atoms with van der Waals surface area (Å²) in [6.07, 6.45) is 2.81. The third-order valence-corrected chi connectivity index (χ3v) is 3.70. The molecular formula is C11H11IO. The van der Waals surface area contributed by atoms with Gasteiger partial charge >= 0.3 is 0 Å². The number of benzene rings is 1. The number of carbonyl (C=O) groups excluding carboxylic acids is 1. The molecule has 0 bridgehead atoms. The number of Topliss-reactive ketones (excluding diaryl/α,β-unsaturated/α-hetero) is 1. The van der Waals surface area contributed by atoms with Gasteiger partial charge in [-0.15, -0.1) is 0 Å². The number of rotatable bonds is 0. The molecule has 0 radical (unpaired) electrons. The zero-order valence-corrected chi connectivity index (χ0v) is 9.72. The first-order valence-corrected chi connectivity index (χ1v) is 5.58. The van der Waals surface area contributed by atoms with Gasteiger partial charge in [0.1, 0.15) is 0 Å². The van der Waals surface area contributed by atoms with E-state index in [1.165, 1.54) is 14.7 Å². The second-order valence-electron chi connectivity index (χ2n) is 3.54. The number of hydrogen-bond acceptors (Lipinski definition) is 1. The fourth-order valence-corrected chi connectivity index (χ4v) is 2.29. The summed E-state index contributed by atoms with van der Waals surface area (Å²) in [5, 5.41) is 0. The van der Waals surface area contributed by atoms with E-state index < -0.39 is 0 Å². The van der Waals surface area contributed by atoms with Gasteiger partial charge < -0.3 is 0 Å². The number of aryl methyl sites for hydroxylation is 2. The maximum atomic E-state index is 11.5. The van der Waals surface area contributed by atoms with Gasteiger partial charge in [-0.25, -0.2) is 0 Å². The lowest BCUT2D eigenvalue weighted by Crippen LogP contribution is -2.11. The number of carbonyl (C=O) groups is 1. The van der Waals surface area contributed by atoms with Crippen LogP contribution < -0.4 is 0 Å². The van der Waals surface area contributed by atoms with Crippen LogP contribution in [0.2, 0.25) is 0 Å². The predicted molar refractivity (Wildman–Crippen MR) is 61.2 cm³/mol. The number of ketones is 1. The van der Waals surface area contributed by atoms with Crippen molar-refractivity contribution < 1.29 is 4.79 Å². The van der Waals surface area contributed by atoms with Crippen LogP contribution in [0.1, 0.15) is 34.3 Å². The SMILES string of the molecule is Cc1cc2c(cc1I)CCCC2=O. The maximum Gasteiger partial charge on any atom is 0.163 e.